The molecule has 0 amide bonds. The van der Waals surface area contributed by atoms with Gasteiger partial charge in [-0.1, -0.05) is 23.8 Å². The van der Waals surface area contributed by atoms with Crippen LogP contribution in [0.1, 0.15) is 18.4 Å². The normalized spacial score (nSPS) is 10.1. The Morgan fingerprint density at radius 2 is 1.94 bits per heavy atom. The fraction of sp³-hybridized carbons (Fsp3) is 0.417. The van der Waals surface area contributed by atoms with E-state index in [0.29, 0.717) is 15.8 Å². The van der Waals surface area contributed by atoms with Crippen molar-refractivity contribution in [3.8, 4) is 11.5 Å². The first kappa shape index (κ1) is 14.1. The van der Waals surface area contributed by atoms with Gasteiger partial charge in [-0.3, -0.25) is 0 Å². The number of hydrogen-bond acceptors (Lipinski definition) is 3. The second-order valence-electron chi connectivity index (χ2n) is 3.62. The SMILES string of the molecule is COc1cc(CCCC(N)=S)c(OC)cc1Cl. The largest absolute Gasteiger partial charge is 0.496 e. The van der Waals surface area contributed by atoms with Crippen LogP contribution in [0.4, 0.5) is 0 Å². The van der Waals surface area contributed by atoms with Gasteiger partial charge in [0.05, 0.1) is 24.2 Å². The summed E-state index contributed by atoms with van der Waals surface area (Å²) < 4.78 is 10.5. The Morgan fingerprint density at radius 3 is 2.47 bits per heavy atom. The summed E-state index contributed by atoms with van der Waals surface area (Å²) in [5, 5.41) is 0.544. The molecular formula is C12H16ClNO2S. The fourth-order valence-corrected chi connectivity index (χ4v) is 1.95. The molecule has 3 nitrogen and oxygen atoms in total. The third kappa shape index (κ3) is 4.06. The van der Waals surface area contributed by atoms with Crippen LogP contribution >= 0.6 is 23.8 Å². The van der Waals surface area contributed by atoms with E-state index in [1.807, 2.05) is 6.07 Å². The molecule has 0 aliphatic carbocycles. The highest BCUT2D eigenvalue weighted by molar-refractivity contribution is 7.80. The lowest BCUT2D eigenvalue weighted by atomic mass is 10.1. The number of rotatable bonds is 6. The molecule has 0 heterocycles. The van der Waals surface area contributed by atoms with E-state index in [9.17, 15) is 0 Å². The zero-order valence-corrected chi connectivity index (χ0v) is 11.5. The van der Waals surface area contributed by atoms with E-state index in [2.05, 4.69) is 0 Å². The van der Waals surface area contributed by atoms with Gasteiger partial charge in [0.25, 0.3) is 0 Å². The van der Waals surface area contributed by atoms with E-state index < -0.39 is 0 Å². The van der Waals surface area contributed by atoms with E-state index in [0.717, 1.165) is 30.6 Å². The smallest absolute Gasteiger partial charge is 0.137 e. The number of aryl methyl sites for hydroxylation is 1. The molecule has 17 heavy (non-hydrogen) atoms. The summed E-state index contributed by atoms with van der Waals surface area (Å²) in [6, 6.07) is 3.65. The highest BCUT2D eigenvalue weighted by atomic mass is 35.5. The average Bonchev–Trinajstić information content (AvgIpc) is 2.30. The molecule has 0 fully saturated rings. The van der Waals surface area contributed by atoms with Crippen LogP contribution < -0.4 is 15.2 Å². The second kappa shape index (κ2) is 6.67. The van der Waals surface area contributed by atoms with Crippen molar-refractivity contribution in [2.45, 2.75) is 19.3 Å². The fourth-order valence-electron chi connectivity index (χ4n) is 1.57. The first-order valence-electron chi connectivity index (χ1n) is 5.27. The molecule has 1 aromatic rings. The summed E-state index contributed by atoms with van der Waals surface area (Å²) in [6.45, 7) is 0. The van der Waals surface area contributed by atoms with Crippen LogP contribution in [0.25, 0.3) is 0 Å². The minimum absolute atomic E-state index is 0.532. The molecule has 0 bridgehead atoms. The van der Waals surface area contributed by atoms with Gasteiger partial charge >= 0.3 is 0 Å². The molecule has 0 saturated heterocycles. The first-order chi connectivity index (χ1) is 8.08. The number of halogens is 1. The highest BCUT2D eigenvalue weighted by Crippen LogP contribution is 2.33. The van der Waals surface area contributed by atoms with Gasteiger partial charge in [-0.2, -0.15) is 0 Å². The predicted molar refractivity (Wildman–Crippen MR) is 74.3 cm³/mol. The van der Waals surface area contributed by atoms with Gasteiger partial charge in [-0.05, 0) is 30.9 Å². The third-order valence-corrected chi connectivity index (χ3v) is 2.92. The van der Waals surface area contributed by atoms with Crippen molar-refractivity contribution in [3.05, 3.63) is 22.7 Å². The molecule has 0 spiro atoms. The van der Waals surface area contributed by atoms with E-state index in [1.54, 1.807) is 20.3 Å². The van der Waals surface area contributed by atoms with Gasteiger partial charge in [0, 0.05) is 6.07 Å². The summed E-state index contributed by atoms with van der Waals surface area (Å²) in [6.07, 6.45) is 2.44. The van der Waals surface area contributed by atoms with Crippen LogP contribution in [0, 0.1) is 0 Å². The molecule has 94 valence electrons. The maximum absolute atomic E-state index is 6.02. The van der Waals surface area contributed by atoms with Crippen molar-refractivity contribution in [3.63, 3.8) is 0 Å². The van der Waals surface area contributed by atoms with Crippen LogP contribution in [-0.2, 0) is 6.42 Å². The van der Waals surface area contributed by atoms with E-state index >= 15 is 0 Å². The van der Waals surface area contributed by atoms with Gasteiger partial charge in [0.15, 0.2) is 0 Å². The molecular weight excluding hydrogens is 258 g/mol. The number of methoxy groups -OCH3 is 2. The van der Waals surface area contributed by atoms with Gasteiger partial charge in [-0.15, -0.1) is 0 Å². The molecule has 0 aliphatic rings. The summed E-state index contributed by atoms with van der Waals surface area (Å²) >= 11 is 10.9. The molecule has 0 radical (unpaired) electrons. The van der Waals surface area contributed by atoms with Crippen LogP contribution in [0.2, 0.25) is 5.02 Å². The molecule has 0 unspecified atom stereocenters. The summed E-state index contributed by atoms with van der Waals surface area (Å²) in [5.41, 5.74) is 6.51. The van der Waals surface area contributed by atoms with Crippen LogP contribution in [-0.4, -0.2) is 19.2 Å². The maximum atomic E-state index is 6.02. The lowest BCUT2D eigenvalue weighted by Crippen LogP contribution is -2.07. The lowest BCUT2D eigenvalue weighted by Gasteiger charge is -2.11. The summed E-state index contributed by atoms with van der Waals surface area (Å²) in [5.74, 6) is 1.41. The molecule has 0 aliphatic heterocycles. The van der Waals surface area contributed by atoms with Crippen molar-refractivity contribution in [2.75, 3.05) is 14.2 Å². The molecule has 1 aromatic carbocycles. The van der Waals surface area contributed by atoms with Crippen LogP contribution in [0.15, 0.2) is 12.1 Å². The van der Waals surface area contributed by atoms with Gasteiger partial charge in [0.2, 0.25) is 0 Å². The van der Waals surface area contributed by atoms with Crippen molar-refractivity contribution < 1.29 is 9.47 Å². The maximum Gasteiger partial charge on any atom is 0.137 e. The topological polar surface area (TPSA) is 44.5 Å². The zero-order valence-electron chi connectivity index (χ0n) is 9.96. The quantitative estimate of drug-likeness (QED) is 0.810. The van der Waals surface area contributed by atoms with Crippen molar-refractivity contribution in [2.24, 2.45) is 5.73 Å². The second-order valence-corrected chi connectivity index (χ2v) is 4.55. The number of thiocarbonyl (C=S) groups is 1. The van der Waals surface area contributed by atoms with Crippen molar-refractivity contribution in [1.29, 1.82) is 0 Å². The minimum atomic E-state index is 0.532. The Bertz CT molecular complexity index is 410. The monoisotopic (exact) mass is 273 g/mol. The van der Waals surface area contributed by atoms with Gasteiger partial charge in [0.1, 0.15) is 11.5 Å². The number of nitrogens with two attached hydrogens (primary N) is 1. The zero-order chi connectivity index (χ0) is 12.8. The molecule has 0 aromatic heterocycles. The Labute approximate surface area is 112 Å². The number of hydrogen-bond donors (Lipinski definition) is 1. The standard InChI is InChI=1S/C12H16ClNO2S/c1-15-10-7-9(13)11(16-2)6-8(10)4-3-5-12(14)17/h6-7H,3-5H2,1-2H3,(H2,14,17). The summed E-state index contributed by atoms with van der Waals surface area (Å²) in [7, 11) is 3.21. The lowest BCUT2D eigenvalue weighted by molar-refractivity contribution is 0.398. The van der Waals surface area contributed by atoms with E-state index in [1.165, 1.54) is 0 Å². The average molecular weight is 274 g/mol. The number of ether oxygens (including phenoxy) is 2. The van der Waals surface area contributed by atoms with Crippen molar-refractivity contribution >= 4 is 28.8 Å². The predicted octanol–water partition coefficient (Wildman–Crippen LogP) is 2.97. The minimum Gasteiger partial charge on any atom is -0.496 e. The Morgan fingerprint density at radius 1 is 1.29 bits per heavy atom. The molecule has 0 saturated carbocycles. The summed E-state index contributed by atoms with van der Waals surface area (Å²) in [4.78, 5) is 0.532. The van der Waals surface area contributed by atoms with E-state index in [-0.39, 0.29) is 0 Å². The van der Waals surface area contributed by atoms with Crippen molar-refractivity contribution in [1.82, 2.24) is 0 Å². The number of benzene rings is 1. The Balaban J connectivity index is 2.84. The van der Waals surface area contributed by atoms with Gasteiger partial charge < -0.3 is 15.2 Å². The van der Waals surface area contributed by atoms with Crippen LogP contribution in [0.3, 0.4) is 0 Å². The van der Waals surface area contributed by atoms with Gasteiger partial charge in [-0.25, -0.2) is 0 Å². The van der Waals surface area contributed by atoms with Crippen LogP contribution in [0.5, 0.6) is 11.5 Å². The molecule has 2 N–H and O–H groups in total. The molecule has 0 atom stereocenters. The molecule has 1 rings (SSSR count). The Hall–Kier alpha value is -1.00. The third-order valence-electron chi connectivity index (χ3n) is 2.42. The molecule has 5 heteroatoms. The Kier molecular flexibility index (Phi) is 5.51. The van der Waals surface area contributed by atoms with E-state index in [4.69, 9.17) is 39.0 Å². The highest BCUT2D eigenvalue weighted by Gasteiger charge is 2.09. The first-order valence-corrected chi connectivity index (χ1v) is 6.05.